The lowest BCUT2D eigenvalue weighted by atomic mass is 10.1. The van der Waals surface area contributed by atoms with Gasteiger partial charge < -0.3 is 10.1 Å². The minimum absolute atomic E-state index is 0.151. The van der Waals surface area contributed by atoms with Crippen LogP contribution in [0.15, 0.2) is 53.4 Å². The second-order valence-corrected chi connectivity index (χ2v) is 9.01. The molecule has 1 fully saturated rings. The number of hydrogen-bond donors (Lipinski definition) is 1. The maximum atomic E-state index is 12.9. The summed E-state index contributed by atoms with van der Waals surface area (Å²) in [5, 5.41) is 2.90. The Hall–Kier alpha value is -2.22. The molecule has 2 atom stereocenters. The lowest BCUT2D eigenvalue weighted by Gasteiger charge is -2.34. The van der Waals surface area contributed by atoms with Crippen LogP contribution in [0.3, 0.4) is 0 Å². The molecule has 0 aliphatic carbocycles. The first kappa shape index (κ1) is 20.5. The molecule has 2 aromatic rings. The summed E-state index contributed by atoms with van der Waals surface area (Å²) in [6.07, 6.45) is 0.508. The van der Waals surface area contributed by atoms with E-state index in [0.29, 0.717) is 18.7 Å². The van der Waals surface area contributed by atoms with Gasteiger partial charge >= 0.3 is 0 Å². The zero-order valence-electron chi connectivity index (χ0n) is 16.4. The van der Waals surface area contributed by atoms with E-state index in [0.717, 1.165) is 17.7 Å². The van der Waals surface area contributed by atoms with Crippen molar-refractivity contribution in [3.8, 4) is 0 Å². The topological polar surface area (TPSA) is 75.7 Å². The van der Waals surface area contributed by atoms with Crippen LogP contribution in [0.5, 0.6) is 0 Å². The third-order valence-electron chi connectivity index (χ3n) is 4.79. The van der Waals surface area contributed by atoms with Crippen LogP contribution in [-0.2, 0) is 21.2 Å². The van der Waals surface area contributed by atoms with Crippen LogP contribution in [0.2, 0.25) is 0 Å². The number of ether oxygens (including phenoxy) is 1. The number of hydrogen-bond acceptors (Lipinski definition) is 4. The highest BCUT2D eigenvalue weighted by atomic mass is 32.2. The Bertz CT molecular complexity index is 931. The highest BCUT2D eigenvalue weighted by Gasteiger charge is 2.32. The zero-order valence-corrected chi connectivity index (χ0v) is 17.2. The van der Waals surface area contributed by atoms with Crippen molar-refractivity contribution >= 4 is 21.6 Å². The molecule has 1 saturated heterocycles. The summed E-state index contributed by atoms with van der Waals surface area (Å²) >= 11 is 0. The van der Waals surface area contributed by atoms with E-state index < -0.39 is 10.0 Å². The first-order chi connectivity index (χ1) is 13.3. The molecule has 6 nitrogen and oxygen atoms in total. The van der Waals surface area contributed by atoms with Crippen LogP contribution in [0.4, 0.5) is 5.69 Å². The van der Waals surface area contributed by atoms with E-state index in [4.69, 9.17) is 4.74 Å². The average Bonchev–Trinajstić information content (AvgIpc) is 2.67. The Kier molecular flexibility index (Phi) is 6.17. The van der Waals surface area contributed by atoms with Crippen molar-refractivity contribution in [2.75, 3.05) is 18.4 Å². The molecule has 2 aromatic carbocycles. The SMILES string of the molecule is CCc1ccccc1NC(=O)c1ccc(S(=O)(=O)N2C[C@@H](C)O[C@H](C)C2)cc1. The monoisotopic (exact) mass is 402 g/mol. The number of nitrogens with one attached hydrogen (secondary N) is 1. The number of nitrogens with zero attached hydrogens (tertiary/aromatic N) is 1. The number of anilines is 1. The molecule has 1 N–H and O–H groups in total. The van der Waals surface area contributed by atoms with Gasteiger partial charge in [0.2, 0.25) is 10.0 Å². The van der Waals surface area contributed by atoms with E-state index in [1.165, 1.54) is 16.4 Å². The fourth-order valence-electron chi connectivity index (χ4n) is 3.40. The number of sulfonamides is 1. The van der Waals surface area contributed by atoms with Gasteiger partial charge in [-0.25, -0.2) is 8.42 Å². The van der Waals surface area contributed by atoms with Gasteiger partial charge in [0.05, 0.1) is 17.1 Å². The zero-order chi connectivity index (χ0) is 20.3. The van der Waals surface area contributed by atoms with Crippen LogP contribution in [0.1, 0.15) is 36.7 Å². The number of carbonyl (C=O) groups is 1. The minimum atomic E-state index is -3.62. The van der Waals surface area contributed by atoms with Gasteiger partial charge in [-0.15, -0.1) is 0 Å². The normalized spacial score (nSPS) is 20.7. The molecule has 150 valence electrons. The summed E-state index contributed by atoms with van der Waals surface area (Å²) in [5.74, 6) is -0.265. The Labute approximate surface area is 166 Å². The average molecular weight is 403 g/mol. The van der Waals surface area contributed by atoms with E-state index in [9.17, 15) is 13.2 Å². The van der Waals surface area contributed by atoms with Gasteiger partial charge in [0.1, 0.15) is 0 Å². The molecule has 0 unspecified atom stereocenters. The molecule has 7 heteroatoms. The van der Waals surface area contributed by atoms with Crippen molar-refractivity contribution in [2.45, 2.75) is 44.3 Å². The first-order valence-electron chi connectivity index (χ1n) is 9.46. The van der Waals surface area contributed by atoms with Crippen molar-refractivity contribution in [3.63, 3.8) is 0 Å². The van der Waals surface area contributed by atoms with Crippen LogP contribution in [-0.4, -0.2) is 43.9 Å². The van der Waals surface area contributed by atoms with E-state index >= 15 is 0 Å². The molecule has 1 aliphatic heterocycles. The van der Waals surface area contributed by atoms with Gasteiger partial charge in [-0.05, 0) is 56.2 Å². The van der Waals surface area contributed by atoms with Gasteiger partial charge in [0.15, 0.2) is 0 Å². The van der Waals surface area contributed by atoms with Crippen LogP contribution in [0, 0.1) is 0 Å². The largest absolute Gasteiger partial charge is 0.373 e. The number of amides is 1. The molecule has 3 rings (SSSR count). The van der Waals surface area contributed by atoms with E-state index in [1.807, 2.05) is 45.0 Å². The Morgan fingerprint density at radius 2 is 1.68 bits per heavy atom. The van der Waals surface area contributed by atoms with Crippen LogP contribution < -0.4 is 5.32 Å². The van der Waals surface area contributed by atoms with Gasteiger partial charge in [-0.3, -0.25) is 4.79 Å². The quantitative estimate of drug-likeness (QED) is 0.833. The third kappa shape index (κ3) is 4.43. The predicted octanol–water partition coefficient (Wildman–Crippen LogP) is 3.30. The maximum absolute atomic E-state index is 12.9. The van der Waals surface area contributed by atoms with Crippen molar-refractivity contribution in [3.05, 3.63) is 59.7 Å². The highest BCUT2D eigenvalue weighted by Crippen LogP contribution is 2.22. The second-order valence-electron chi connectivity index (χ2n) is 7.07. The fourth-order valence-corrected chi connectivity index (χ4v) is 4.99. The second kappa shape index (κ2) is 8.43. The molecule has 0 aromatic heterocycles. The lowest BCUT2D eigenvalue weighted by molar-refractivity contribution is -0.0440. The van der Waals surface area contributed by atoms with Crippen molar-refractivity contribution in [1.29, 1.82) is 0 Å². The fraction of sp³-hybridized carbons (Fsp3) is 0.381. The predicted molar refractivity (Wildman–Crippen MR) is 109 cm³/mol. The molecule has 0 bridgehead atoms. The first-order valence-corrected chi connectivity index (χ1v) is 10.9. The Morgan fingerprint density at radius 1 is 1.07 bits per heavy atom. The number of benzene rings is 2. The van der Waals surface area contributed by atoms with E-state index in [-0.39, 0.29) is 23.0 Å². The molecule has 0 spiro atoms. The molecule has 1 aliphatic rings. The molecular weight excluding hydrogens is 376 g/mol. The van der Waals surface area contributed by atoms with E-state index in [2.05, 4.69) is 5.32 Å². The number of rotatable bonds is 5. The number of carbonyl (C=O) groups excluding carboxylic acids is 1. The van der Waals surface area contributed by atoms with E-state index in [1.54, 1.807) is 12.1 Å². The highest BCUT2D eigenvalue weighted by molar-refractivity contribution is 7.89. The number of aryl methyl sites for hydroxylation is 1. The standard InChI is InChI=1S/C21H26N2O4S/c1-4-17-7-5-6-8-20(17)22-21(24)18-9-11-19(12-10-18)28(25,26)23-13-15(2)27-16(3)14-23/h5-12,15-16H,4,13-14H2,1-3H3,(H,22,24)/t15-,16-/m1/s1. The third-order valence-corrected chi connectivity index (χ3v) is 6.63. The summed E-state index contributed by atoms with van der Waals surface area (Å²) in [5.41, 5.74) is 2.22. The van der Waals surface area contributed by atoms with Crippen molar-refractivity contribution in [1.82, 2.24) is 4.31 Å². The van der Waals surface area contributed by atoms with Crippen molar-refractivity contribution < 1.29 is 17.9 Å². The van der Waals surface area contributed by atoms with Crippen LogP contribution in [0.25, 0.3) is 0 Å². The Balaban J connectivity index is 1.76. The molecule has 0 saturated carbocycles. The summed E-state index contributed by atoms with van der Waals surface area (Å²) in [7, 11) is -3.62. The number of para-hydroxylation sites is 1. The van der Waals surface area contributed by atoms with Crippen molar-refractivity contribution in [2.24, 2.45) is 0 Å². The molecular formula is C21H26N2O4S. The van der Waals surface area contributed by atoms with Gasteiger partial charge in [-0.2, -0.15) is 4.31 Å². The molecule has 0 radical (unpaired) electrons. The van der Waals surface area contributed by atoms with Crippen LogP contribution >= 0.6 is 0 Å². The smallest absolute Gasteiger partial charge is 0.255 e. The Morgan fingerprint density at radius 3 is 2.29 bits per heavy atom. The lowest BCUT2D eigenvalue weighted by Crippen LogP contribution is -2.48. The molecule has 28 heavy (non-hydrogen) atoms. The molecule has 1 heterocycles. The summed E-state index contributed by atoms with van der Waals surface area (Å²) in [6.45, 7) is 6.39. The minimum Gasteiger partial charge on any atom is -0.373 e. The van der Waals surface area contributed by atoms with Gasteiger partial charge in [0, 0.05) is 24.3 Å². The summed E-state index contributed by atoms with van der Waals surface area (Å²) in [6, 6.07) is 13.7. The summed E-state index contributed by atoms with van der Waals surface area (Å²) < 4.78 is 32.9. The maximum Gasteiger partial charge on any atom is 0.255 e. The molecule has 1 amide bonds. The van der Waals surface area contributed by atoms with Gasteiger partial charge in [-0.1, -0.05) is 25.1 Å². The number of morpholine rings is 1. The summed E-state index contributed by atoms with van der Waals surface area (Å²) in [4.78, 5) is 12.7. The van der Waals surface area contributed by atoms with Gasteiger partial charge in [0.25, 0.3) is 5.91 Å².